The quantitative estimate of drug-likeness (QED) is 0.100. The van der Waals surface area contributed by atoms with E-state index in [0.29, 0.717) is 0 Å². The first-order valence-electron chi connectivity index (χ1n) is 14.2. The normalized spacial score (nSPS) is 12.0. The van der Waals surface area contributed by atoms with Crippen molar-refractivity contribution in [2.24, 2.45) is 0 Å². The minimum atomic E-state index is 1.32. The zero-order valence-corrected chi connectivity index (χ0v) is 22.6. The van der Waals surface area contributed by atoms with E-state index in [1.807, 2.05) is 0 Å². The molecule has 0 fully saturated rings. The Morgan fingerprint density at radius 1 is 0.400 bits per heavy atom. The smallest absolute Gasteiger partial charge is 0.0878 e. The van der Waals surface area contributed by atoms with Crippen molar-refractivity contribution in [1.82, 2.24) is 0 Å². The van der Waals surface area contributed by atoms with Gasteiger partial charge >= 0.3 is 0 Å². The van der Waals surface area contributed by atoms with Crippen molar-refractivity contribution < 1.29 is 4.48 Å². The molecular weight excluding hydrogens is 382 g/mol. The van der Waals surface area contributed by atoms with Crippen LogP contribution in [0.5, 0.6) is 0 Å². The second kappa shape index (κ2) is 24.0. The molecule has 1 nitrogen and oxygen atoms in total. The molecule has 0 spiro atoms. The molecular formula is C28H60NS+. The molecule has 0 aromatic rings. The van der Waals surface area contributed by atoms with Crippen LogP contribution in [0.4, 0.5) is 0 Å². The Labute approximate surface area is 197 Å². The van der Waals surface area contributed by atoms with Crippen LogP contribution in [-0.2, 0) is 0 Å². The fraction of sp³-hybridized carbons (Fsp3) is 1.00. The predicted octanol–water partition coefficient (Wildman–Crippen LogP) is 9.64. The molecule has 0 radical (unpaired) electrons. The van der Waals surface area contributed by atoms with Crippen LogP contribution in [0.15, 0.2) is 0 Å². The lowest BCUT2D eigenvalue weighted by Gasteiger charge is -2.37. The molecule has 0 aliphatic carbocycles. The van der Waals surface area contributed by atoms with Gasteiger partial charge in [0.15, 0.2) is 0 Å². The van der Waals surface area contributed by atoms with E-state index in [4.69, 9.17) is 0 Å². The number of hydrogen-bond acceptors (Lipinski definition) is 1. The van der Waals surface area contributed by atoms with Gasteiger partial charge in [-0.2, -0.15) is 11.8 Å². The van der Waals surface area contributed by atoms with Crippen LogP contribution in [0.2, 0.25) is 0 Å². The molecule has 0 saturated carbocycles. The van der Waals surface area contributed by atoms with Gasteiger partial charge in [-0.3, -0.25) is 0 Å². The number of rotatable bonds is 25. The molecule has 0 amide bonds. The van der Waals surface area contributed by atoms with Crippen molar-refractivity contribution in [1.29, 1.82) is 0 Å². The maximum absolute atomic E-state index is 2.41. The van der Waals surface area contributed by atoms with Crippen LogP contribution in [0, 0.1) is 0 Å². The highest BCUT2D eigenvalue weighted by Gasteiger charge is 2.21. The summed E-state index contributed by atoms with van der Waals surface area (Å²) in [5.41, 5.74) is 0. The Bertz CT molecular complexity index is 314. The third kappa shape index (κ3) is 19.0. The summed E-state index contributed by atoms with van der Waals surface area (Å²) >= 11 is 2.18. The molecule has 2 heteroatoms. The van der Waals surface area contributed by atoms with Crippen molar-refractivity contribution in [3.8, 4) is 0 Å². The number of quaternary nitrogens is 1. The number of thioether (sulfide) groups is 1. The Hall–Kier alpha value is 0.310. The molecule has 0 heterocycles. The minimum absolute atomic E-state index is 1.32. The van der Waals surface area contributed by atoms with Crippen LogP contribution in [0.3, 0.4) is 0 Å². The molecule has 0 aliphatic rings. The predicted molar refractivity (Wildman–Crippen MR) is 143 cm³/mol. The van der Waals surface area contributed by atoms with Gasteiger partial charge in [-0.15, -0.1) is 0 Å². The van der Waals surface area contributed by atoms with Gasteiger partial charge in [0, 0.05) is 5.75 Å². The van der Waals surface area contributed by atoms with E-state index in [1.54, 1.807) is 0 Å². The zero-order valence-electron chi connectivity index (χ0n) is 21.8. The van der Waals surface area contributed by atoms with E-state index < -0.39 is 0 Å². The van der Waals surface area contributed by atoms with Crippen molar-refractivity contribution in [3.05, 3.63) is 0 Å². The highest BCUT2D eigenvalue weighted by atomic mass is 32.2. The maximum atomic E-state index is 2.41. The summed E-state index contributed by atoms with van der Waals surface area (Å²) in [6.45, 7) is 14.9. The standard InChI is InChI=1S/C28H60NS/c1-5-9-11-12-13-14-15-16-17-18-19-20-21-22-23-24-25-29(7-3,8-4)26-28-30-27-10-6-2/h5-28H2,1-4H3/q+1. The SMILES string of the molecule is CCCCCCCCCCCCCCCCCC[N+](CC)(CC)CCSCCCC. The monoisotopic (exact) mass is 442 g/mol. The Balaban J connectivity index is 3.46. The van der Waals surface area contributed by atoms with Crippen molar-refractivity contribution in [2.75, 3.05) is 37.7 Å². The van der Waals surface area contributed by atoms with Crippen LogP contribution in [-0.4, -0.2) is 42.2 Å². The summed E-state index contributed by atoms with van der Waals surface area (Å²) in [6, 6.07) is 0. The van der Waals surface area contributed by atoms with Gasteiger partial charge in [-0.25, -0.2) is 0 Å². The topological polar surface area (TPSA) is 0 Å². The summed E-state index contributed by atoms with van der Waals surface area (Å²) in [7, 11) is 0. The van der Waals surface area contributed by atoms with Crippen molar-refractivity contribution in [2.45, 2.75) is 143 Å². The van der Waals surface area contributed by atoms with Crippen molar-refractivity contribution >= 4 is 11.8 Å². The van der Waals surface area contributed by atoms with Gasteiger partial charge in [0.2, 0.25) is 0 Å². The molecule has 0 saturated heterocycles. The van der Waals surface area contributed by atoms with E-state index >= 15 is 0 Å². The Morgan fingerprint density at radius 2 is 0.800 bits per heavy atom. The number of unbranched alkanes of at least 4 members (excludes halogenated alkanes) is 16. The lowest BCUT2D eigenvalue weighted by molar-refractivity contribution is -0.922. The minimum Gasteiger partial charge on any atom is -0.323 e. The fourth-order valence-corrected chi connectivity index (χ4v) is 5.78. The van der Waals surface area contributed by atoms with E-state index in [1.165, 1.54) is 158 Å². The van der Waals surface area contributed by atoms with Gasteiger partial charge in [-0.05, 0) is 38.9 Å². The molecule has 0 aromatic heterocycles. The number of nitrogens with zero attached hydrogens (tertiary/aromatic N) is 1. The van der Waals surface area contributed by atoms with Gasteiger partial charge in [0.05, 0.1) is 26.2 Å². The second-order valence-corrected chi connectivity index (χ2v) is 10.9. The van der Waals surface area contributed by atoms with Crippen LogP contribution < -0.4 is 0 Å². The molecule has 0 atom stereocenters. The lowest BCUT2D eigenvalue weighted by Crippen LogP contribution is -2.49. The first-order valence-corrected chi connectivity index (χ1v) is 15.3. The summed E-state index contributed by atoms with van der Waals surface area (Å²) < 4.78 is 1.36. The highest BCUT2D eigenvalue weighted by molar-refractivity contribution is 7.99. The van der Waals surface area contributed by atoms with Gasteiger partial charge < -0.3 is 4.48 Å². The molecule has 182 valence electrons. The molecule has 0 N–H and O–H groups in total. The number of hydrogen-bond donors (Lipinski definition) is 0. The second-order valence-electron chi connectivity index (χ2n) is 9.69. The average Bonchev–Trinajstić information content (AvgIpc) is 2.77. The third-order valence-corrected chi connectivity index (χ3v) is 8.23. The van der Waals surface area contributed by atoms with E-state index in [-0.39, 0.29) is 0 Å². The zero-order chi connectivity index (χ0) is 22.2. The lowest BCUT2D eigenvalue weighted by atomic mass is 10.0. The van der Waals surface area contributed by atoms with E-state index in [0.717, 1.165) is 0 Å². The van der Waals surface area contributed by atoms with E-state index in [9.17, 15) is 0 Å². The molecule has 0 bridgehead atoms. The Kier molecular flexibility index (Phi) is 24.2. The molecule has 0 unspecified atom stereocenters. The van der Waals surface area contributed by atoms with E-state index in [2.05, 4.69) is 39.5 Å². The highest BCUT2D eigenvalue weighted by Crippen LogP contribution is 2.16. The third-order valence-electron chi connectivity index (χ3n) is 7.18. The van der Waals surface area contributed by atoms with Gasteiger partial charge in [0.1, 0.15) is 0 Å². The van der Waals surface area contributed by atoms with Gasteiger partial charge in [0.25, 0.3) is 0 Å². The Morgan fingerprint density at radius 3 is 1.20 bits per heavy atom. The summed E-state index contributed by atoms with van der Waals surface area (Å²) in [5.74, 6) is 2.73. The first-order chi connectivity index (χ1) is 14.7. The first kappa shape index (κ1) is 30.3. The molecule has 30 heavy (non-hydrogen) atoms. The molecule has 0 aromatic carbocycles. The van der Waals surface area contributed by atoms with Crippen LogP contribution >= 0.6 is 11.8 Å². The summed E-state index contributed by atoms with van der Waals surface area (Å²) in [4.78, 5) is 0. The summed E-state index contributed by atoms with van der Waals surface area (Å²) in [6.07, 6.45) is 26.2. The molecule has 0 rings (SSSR count). The van der Waals surface area contributed by atoms with Crippen LogP contribution in [0.25, 0.3) is 0 Å². The maximum Gasteiger partial charge on any atom is 0.0878 e. The van der Waals surface area contributed by atoms with Gasteiger partial charge in [-0.1, -0.05) is 110 Å². The average molecular weight is 443 g/mol. The van der Waals surface area contributed by atoms with Crippen molar-refractivity contribution in [3.63, 3.8) is 0 Å². The van der Waals surface area contributed by atoms with Crippen LogP contribution in [0.1, 0.15) is 143 Å². The molecule has 0 aliphatic heterocycles. The largest absolute Gasteiger partial charge is 0.323 e. The summed E-state index contributed by atoms with van der Waals surface area (Å²) in [5, 5.41) is 0. The fourth-order valence-electron chi connectivity index (χ4n) is 4.57.